The molecule has 12 nitrogen and oxygen atoms in total. The molecular weight excluding hydrogens is 602 g/mol. The Bertz CT molecular complexity index is 1680. The largest absolute Gasteiger partial charge is 0.451 e. The van der Waals surface area contributed by atoms with Gasteiger partial charge in [0.1, 0.15) is 24.0 Å². The van der Waals surface area contributed by atoms with Gasteiger partial charge in [0.15, 0.2) is 5.76 Å². The average Bonchev–Trinajstić information content (AvgIpc) is 3.75. The van der Waals surface area contributed by atoms with Gasteiger partial charge in [0.2, 0.25) is 17.6 Å². The fourth-order valence-corrected chi connectivity index (χ4v) is 8.22. The fraction of sp³-hybridized carbons (Fsp3) is 0.543. The van der Waals surface area contributed by atoms with Crippen LogP contribution in [0.15, 0.2) is 39.7 Å². The van der Waals surface area contributed by atoms with Crippen LogP contribution in [-0.2, 0) is 32.1 Å². The molecule has 2 aromatic heterocycles. The van der Waals surface area contributed by atoms with E-state index in [2.05, 4.69) is 21.3 Å². The summed E-state index contributed by atoms with van der Waals surface area (Å²) >= 11 is 0. The SMILES string of the molecule is O=C(Cn1cccc(NC(=O)[C@H](CCC(=O)C(=O)NC2CC2)NC(=O)c2cc3c(o2)C=CCC3)c1=O)NC1C2CC3CC(C2)CC1C3.[HH].[HH].[HH].[HH]. The molecule has 256 valence electrons. The molecule has 0 aromatic carbocycles. The Hall–Kier alpha value is -4.48. The summed E-state index contributed by atoms with van der Waals surface area (Å²) in [5.74, 6) is 0.0965. The number of Topliss-reactive ketones (excluding diaryl/α,β-unsaturated/α-hetero) is 1. The van der Waals surface area contributed by atoms with Gasteiger partial charge < -0.3 is 30.3 Å². The summed E-state index contributed by atoms with van der Waals surface area (Å²) in [5, 5.41) is 11.0. The number of pyridine rings is 1. The van der Waals surface area contributed by atoms with Crippen LogP contribution in [0.2, 0.25) is 0 Å². The number of fused-ring (bicyclic) bond motifs is 1. The van der Waals surface area contributed by atoms with Gasteiger partial charge in [0, 0.05) is 30.4 Å². The lowest BCUT2D eigenvalue weighted by atomic mass is 9.54. The maximum atomic E-state index is 13.5. The van der Waals surface area contributed by atoms with Crippen molar-refractivity contribution in [1.29, 1.82) is 0 Å². The Morgan fingerprint density at radius 1 is 1.00 bits per heavy atom. The van der Waals surface area contributed by atoms with Crippen LogP contribution in [0.25, 0.3) is 6.08 Å². The highest BCUT2D eigenvalue weighted by molar-refractivity contribution is 6.36. The molecule has 12 heteroatoms. The zero-order chi connectivity index (χ0) is 32.7. The lowest BCUT2D eigenvalue weighted by molar-refractivity contribution is -0.138. The van der Waals surface area contributed by atoms with Gasteiger partial charge in [0.05, 0.1) is 0 Å². The number of nitrogens with one attached hydrogen (secondary N) is 4. The van der Waals surface area contributed by atoms with E-state index in [-0.39, 0.29) is 54.5 Å². The van der Waals surface area contributed by atoms with Crippen molar-refractivity contribution in [3.05, 3.63) is 57.9 Å². The quantitative estimate of drug-likeness (QED) is 0.254. The molecule has 0 radical (unpaired) electrons. The number of hydrogen-bond acceptors (Lipinski definition) is 7. The van der Waals surface area contributed by atoms with Crippen molar-refractivity contribution in [3.8, 4) is 0 Å². The van der Waals surface area contributed by atoms with E-state index in [1.807, 2.05) is 6.08 Å². The third-order valence-corrected chi connectivity index (χ3v) is 10.5. The average molecular weight is 652 g/mol. The predicted molar refractivity (Wildman–Crippen MR) is 179 cm³/mol. The van der Waals surface area contributed by atoms with Crippen LogP contribution in [0, 0.1) is 23.7 Å². The van der Waals surface area contributed by atoms with Crippen LogP contribution in [0.5, 0.6) is 0 Å². The van der Waals surface area contributed by atoms with E-state index in [0.29, 0.717) is 17.6 Å². The normalized spacial score (nSPS) is 25.8. The Balaban J connectivity index is 0.00000176. The van der Waals surface area contributed by atoms with E-state index in [1.54, 1.807) is 18.2 Å². The van der Waals surface area contributed by atoms with Crippen LogP contribution in [0.3, 0.4) is 0 Å². The van der Waals surface area contributed by atoms with Gasteiger partial charge >= 0.3 is 0 Å². The standard InChI is InChI=1S/C35H41N5O7.4H2/c41-27(33(44)36-24-7-8-24)10-9-25(37-34(45)29-17-21-4-1-2-6-28(21)47-29)32(43)38-26-5-3-11-40(35(26)46)18-30(42)39-31-22-13-19-12-20(15-22)16-23(31)14-19;;;;/h2-3,5-6,11,17,19-20,22-25,31H,1,4,7-10,12-16,18H2,(H,36,44)(H,37,45)(H,38,43)(H,39,42);4*1H/t19?,20?,22?,23?,25-,31?;;;;/m0..../s1. The number of aryl methyl sites for hydroxylation is 1. The molecule has 6 aliphatic rings. The minimum Gasteiger partial charge on any atom is -0.451 e. The van der Waals surface area contributed by atoms with Gasteiger partial charge in [-0.1, -0.05) is 6.08 Å². The molecule has 4 bridgehead atoms. The minimum absolute atomic E-state index is 0. The van der Waals surface area contributed by atoms with Crippen molar-refractivity contribution in [1.82, 2.24) is 20.5 Å². The topological polar surface area (TPSA) is 169 Å². The van der Waals surface area contributed by atoms with Gasteiger partial charge in [-0.25, -0.2) is 0 Å². The van der Waals surface area contributed by atoms with E-state index in [9.17, 15) is 28.8 Å². The van der Waals surface area contributed by atoms with Crippen LogP contribution in [-0.4, -0.2) is 52.1 Å². The maximum absolute atomic E-state index is 13.5. The lowest BCUT2D eigenvalue weighted by Gasteiger charge is -2.54. The second-order valence-electron chi connectivity index (χ2n) is 14.0. The van der Waals surface area contributed by atoms with Crippen molar-refractivity contribution in [2.75, 3.05) is 5.32 Å². The fourth-order valence-electron chi connectivity index (χ4n) is 8.22. The van der Waals surface area contributed by atoms with Gasteiger partial charge in [-0.3, -0.25) is 28.8 Å². The highest BCUT2D eigenvalue weighted by Crippen LogP contribution is 2.53. The number of carbonyl (C=O) groups is 5. The predicted octanol–water partition coefficient (Wildman–Crippen LogP) is 3.69. The second-order valence-corrected chi connectivity index (χ2v) is 14.0. The second kappa shape index (κ2) is 13.0. The van der Waals surface area contributed by atoms with Crippen molar-refractivity contribution >= 4 is 41.2 Å². The Labute approximate surface area is 278 Å². The molecule has 8 rings (SSSR count). The molecule has 0 aliphatic heterocycles. The number of nitrogens with zero attached hydrogens (tertiary/aromatic N) is 1. The molecule has 0 unspecified atom stereocenters. The molecule has 5 saturated carbocycles. The molecule has 4 N–H and O–H groups in total. The van der Waals surface area contributed by atoms with E-state index in [0.717, 1.165) is 68.8 Å². The summed E-state index contributed by atoms with van der Waals surface area (Å²) in [4.78, 5) is 78.0. The number of furan rings is 1. The third-order valence-electron chi connectivity index (χ3n) is 10.5. The van der Waals surface area contributed by atoms with Crippen LogP contribution in [0.1, 0.15) is 91.8 Å². The first-order valence-corrected chi connectivity index (χ1v) is 16.9. The molecule has 4 amide bonds. The van der Waals surface area contributed by atoms with Crippen molar-refractivity contribution < 1.29 is 34.1 Å². The van der Waals surface area contributed by atoms with E-state index < -0.39 is 35.1 Å². The highest BCUT2D eigenvalue weighted by Gasteiger charge is 2.48. The molecule has 0 saturated heterocycles. The molecule has 6 aliphatic carbocycles. The van der Waals surface area contributed by atoms with Crippen molar-refractivity contribution in [2.24, 2.45) is 23.7 Å². The first kappa shape index (κ1) is 31.1. The molecular formula is C35H49N5O7. The number of carbonyl (C=O) groups excluding carboxylic acids is 5. The zero-order valence-corrected chi connectivity index (χ0v) is 26.3. The summed E-state index contributed by atoms with van der Waals surface area (Å²) in [6.45, 7) is -0.187. The molecule has 0 spiro atoms. The lowest BCUT2D eigenvalue weighted by Crippen LogP contribution is -2.56. The summed E-state index contributed by atoms with van der Waals surface area (Å²) in [7, 11) is 0. The van der Waals surface area contributed by atoms with Gasteiger partial charge in [-0.15, -0.1) is 0 Å². The summed E-state index contributed by atoms with van der Waals surface area (Å²) < 4.78 is 6.94. The van der Waals surface area contributed by atoms with Gasteiger partial charge in [-0.05, 0) is 118 Å². The number of amides is 4. The number of aromatic nitrogens is 1. The summed E-state index contributed by atoms with van der Waals surface area (Å²) in [5.41, 5.74) is 0.231. The molecule has 1 atom stereocenters. The minimum atomic E-state index is -1.26. The monoisotopic (exact) mass is 651 g/mol. The van der Waals surface area contributed by atoms with Crippen molar-refractivity contribution in [3.63, 3.8) is 0 Å². The molecule has 47 heavy (non-hydrogen) atoms. The first-order valence-electron chi connectivity index (χ1n) is 16.9. The first-order chi connectivity index (χ1) is 22.7. The molecule has 2 heterocycles. The highest BCUT2D eigenvalue weighted by atomic mass is 16.4. The number of rotatable bonds is 12. The van der Waals surface area contributed by atoms with E-state index in [4.69, 9.17) is 4.42 Å². The summed E-state index contributed by atoms with van der Waals surface area (Å²) in [6, 6.07) is 3.50. The van der Waals surface area contributed by atoms with Crippen LogP contribution in [0.4, 0.5) is 5.69 Å². The smallest absolute Gasteiger partial charge is 0.287 e. The van der Waals surface area contributed by atoms with E-state index in [1.165, 1.54) is 23.3 Å². The Morgan fingerprint density at radius 3 is 2.45 bits per heavy atom. The zero-order valence-electron chi connectivity index (χ0n) is 26.3. The third kappa shape index (κ3) is 6.96. The van der Waals surface area contributed by atoms with Crippen LogP contribution >= 0.6 is 0 Å². The summed E-state index contributed by atoms with van der Waals surface area (Å²) in [6.07, 6.45) is 13.9. The van der Waals surface area contributed by atoms with Crippen LogP contribution < -0.4 is 26.8 Å². The Kier molecular flexibility index (Phi) is 8.59. The Morgan fingerprint density at radius 2 is 1.74 bits per heavy atom. The van der Waals surface area contributed by atoms with E-state index >= 15 is 0 Å². The maximum Gasteiger partial charge on any atom is 0.287 e. The molecule has 2 aromatic rings. The molecule has 5 fully saturated rings. The number of anilines is 1. The number of ketones is 1. The van der Waals surface area contributed by atoms with Gasteiger partial charge in [-0.2, -0.15) is 0 Å². The number of hydrogen-bond donors (Lipinski definition) is 4. The van der Waals surface area contributed by atoms with Gasteiger partial charge in [0.25, 0.3) is 17.4 Å². The van der Waals surface area contributed by atoms with Crippen molar-refractivity contribution in [2.45, 2.75) is 95.3 Å². The number of allylic oxidation sites excluding steroid dienone is 1.